The maximum atomic E-state index is 12.7. The SMILES string of the molecule is CN(C(=O)c1cccc(C(=O)N2CCC[C@@H](O)C2)c1)c1ccccc1. The second-order valence-corrected chi connectivity index (χ2v) is 6.33. The Balaban J connectivity index is 1.79. The molecule has 1 heterocycles. The third kappa shape index (κ3) is 3.88. The number of anilines is 1. The van der Waals surface area contributed by atoms with Crippen molar-refractivity contribution in [3.8, 4) is 0 Å². The van der Waals surface area contributed by atoms with Crippen LogP contribution in [-0.2, 0) is 0 Å². The molecular weight excluding hydrogens is 316 g/mol. The van der Waals surface area contributed by atoms with Crippen molar-refractivity contribution in [3.63, 3.8) is 0 Å². The summed E-state index contributed by atoms with van der Waals surface area (Å²) in [5.74, 6) is -0.310. The molecule has 0 aromatic heterocycles. The molecule has 2 aromatic rings. The van der Waals surface area contributed by atoms with Gasteiger partial charge in [0.2, 0.25) is 0 Å². The number of likely N-dealkylation sites (tertiary alicyclic amines) is 1. The van der Waals surface area contributed by atoms with E-state index in [2.05, 4.69) is 0 Å². The molecule has 2 amide bonds. The number of hydrogen-bond acceptors (Lipinski definition) is 3. The highest BCUT2D eigenvalue weighted by Crippen LogP contribution is 2.18. The molecule has 0 spiro atoms. The monoisotopic (exact) mass is 338 g/mol. The fourth-order valence-corrected chi connectivity index (χ4v) is 3.07. The van der Waals surface area contributed by atoms with Crippen molar-refractivity contribution in [1.82, 2.24) is 4.90 Å². The molecule has 0 radical (unpaired) electrons. The largest absolute Gasteiger partial charge is 0.391 e. The van der Waals surface area contributed by atoms with Gasteiger partial charge in [-0.2, -0.15) is 0 Å². The van der Waals surface area contributed by atoms with Gasteiger partial charge in [0.1, 0.15) is 0 Å². The Morgan fingerprint density at radius 3 is 2.52 bits per heavy atom. The summed E-state index contributed by atoms with van der Waals surface area (Å²) in [5.41, 5.74) is 1.74. The maximum absolute atomic E-state index is 12.7. The van der Waals surface area contributed by atoms with E-state index < -0.39 is 6.10 Å². The summed E-state index contributed by atoms with van der Waals surface area (Å²) in [6.45, 7) is 0.985. The van der Waals surface area contributed by atoms with Gasteiger partial charge in [0.05, 0.1) is 6.10 Å². The number of amides is 2. The molecule has 130 valence electrons. The highest BCUT2D eigenvalue weighted by molar-refractivity contribution is 6.07. The number of carbonyl (C=O) groups is 2. The van der Waals surface area contributed by atoms with Crippen LogP contribution in [0.1, 0.15) is 33.6 Å². The molecule has 2 aromatic carbocycles. The Hall–Kier alpha value is -2.66. The third-order valence-corrected chi connectivity index (χ3v) is 4.49. The van der Waals surface area contributed by atoms with Crippen LogP contribution >= 0.6 is 0 Å². The number of hydrogen-bond donors (Lipinski definition) is 1. The van der Waals surface area contributed by atoms with Crippen LogP contribution in [0.25, 0.3) is 0 Å². The van der Waals surface area contributed by atoms with Crippen molar-refractivity contribution in [2.24, 2.45) is 0 Å². The number of benzene rings is 2. The zero-order valence-electron chi connectivity index (χ0n) is 14.3. The molecule has 0 saturated carbocycles. The third-order valence-electron chi connectivity index (χ3n) is 4.49. The van der Waals surface area contributed by atoms with E-state index >= 15 is 0 Å². The van der Waals surface area contributed by atoms with Crippen LogP contribution in [0.4, 0.5) is 5.69 Å². The normalized spacial score (nSPS) is 17.2. The van der Waals surface area contributed by atoms with Crippen molar-refractivity contribution in [3.05, 3.63) is 65.7 Å². The molecule has 3 rings (SSSR count). The number of β-amino-alcohol motifs (C(OH)–C–C–N with tert-alkyl or cyclic N) is 1. The van der Waals surface area contributed by atoms with E-state index in [9.17, 15) is 14.7 Å². The molecule has 1 saturated heterocycles. The summed E-state index contributed by atoms with van der Waals surface area (Å²) >= 11 is 0. The molecule has 5 nitrogen and oxygen atoms in total. The topological polar surface area (TPSA) is 60.9 Å². The molecule has 5 heteroatoms. The van der Waals surface area contributed by atoms with Gasteiger partial charge in [-0.3, -0.25) is 9.59 Å². The van der Waals surface area contributed by atoms with Crippen molar-refractivity contribution >= 4 is 17.5 Å². The van der Waals surface area contributed by atoms with E-state index in [1.165, 1.54) is 0 Å². The quantitative estimate of drug-likeness (QED) is 0.936. The maximum Gasteiger partial charge on any atom is 0.258 e. The first-order valence-electron chi connectivity index (χ1n) is 8.47. The van der Waals surface area contributed by atoms with Gasteiger partial charge in [-0.25, -0.2) is 0 Å². The number of aliphatic hydroxyl groups is 1. The summed E-state index contributed by atoms with van der Waals surface area (Å²) in [4.78, 5) is 28.6. The van der Waals surface area contributed by atoms with Crippen molar-refractivity contribution < 1.29 is 14.7 Å². The van der Waals surface area contributed by atoms with E-state index in [1.54, 1.807) is 41.1 Å². The van der Waals surface area contributed by atoms with Gasteiger partial charge in [-0.1, -0.05) is 24.3 Å². The number of aliphatic hydroxyl groups excluding tert-OH is 1. The van der Waals surface area contributed by atoms with E-state index in [0.29, 0.717) is 24.2 Å². The molecule has 1 atom stereocenters. The van der Waals surface area contributed by atoms with Gasteiger partial charge >= 0.3 is 0 Å². The van der Waals surface area contributed by atoms with Crippen molar-refractivity contribution in [2.75, 3.05) is 25.0 Å². The van der Waals surface area contributed by atoms with Crippen LogP contribution in [0.5, 0.6) is 0 Å². The lowest BCUT2D eigenvalue weighted by Gasteiger charge is -2.30. The first-order chi connectivity index (χ1) is 12.1. The first-order valence-corrected chi connectivity index (χ1v) is 8.47. The molecular formula is C20H22N2O3. The second kappa shape index (κ2) is 7.49. The molecule has 25 heavy (non-hydrogen) atoms. The number of piperidine rings is 1. The molecule has 1 aliphatic heterocycles. The van der Waals surface area contributed by atoms with Crippen LogP contribution in [0.2, 0.25) is 0 Å². The van der Waals surface area contributed by atoms with Crippen molar-refractivity contribution in [1.29, 1.82) is 0 Å². The highest BCUT2D eigenvalue weighted by Gasteiger charge is 2.24. The van der Waals surface area contributed by atoms with Crippen LogP contribution in [0, 0.1) is 0 Å². The standard InChI is InChI=1S/C20H22N2O3/c1-21(17-9-3-2-4-10-17)19(24)15-7-5-8-16(13-15)20(25)22-12-6-11-18(23)14-22/h2-5,7-10,13,18,23H,6,11-12,14H2,1H3/t18-/m1/s1. The van der Waals surface area contributed by atoms with Crippen LogP contribution in [-0.4, -0.2) is 48.1 Å². The first kappa shape index (κ1) is 17.2. The second-order valence-electron chi connectivity index (χ2n) is 6.33. The summed E-state index contributed by atoms with van der Waals surface area (Å²) in [6, 6.07) is 16.1. The van der Waals surface area contributed by atoms with Gasteiger partial charge in [-0.05, 0) is 43.2 Å². The molecule has 1 N–H and O–H groups in total. The predicted octanol–water partition coefficient (Wildman–Crippen LogP) is 2.56. The smallest absolute Gasteiger partial charge is 0.258 e. The molecule has 0 unspecified atom stereocenters. The zero-order chi connectivity index (χ0) is 17.8. The van der Waals surface area contributed by atoms with Gasteiger partial charge in [0.25, 0.3) is 11.8 Å². The molecule has 1 aliphatic rings. The highest BCUT2D eigenvalue weighted by atomic mass is 16.3. The average molecular weight is 338 g/mol. The van der Waals surface area contributed by atoms with E-state index in [1.807, 2.05) is 30.3 Å². The fourth-order valence-electron chi connectivity index (χ4n) is 3.07. The van der Waals surface area contributed by atoms with E-state index in [0.717, 1.165) is 18.5 Å². The number of para-hydroxylation sites is 1. The number of rotatable bonds is 3. The van der Waals surface area contributed by atoms with Crippen molar-refractivity contribution in [2.45, 2.75) is 18.9 Å². The summed E-state index contributed by atoms with van der Waals surface area (Å²) in [7, 11) is 1.72. The van der Waals surface area contributed by atoms with Gasteiger partial charge in [0.15, 0.2) is 0 Å². The Bertz CT molecular complexity index is 761. The lowest BCUT2D eigenvalue weighted by molar-refractivity contribution is 0.0473. The lowest BCUT2D eigenvalue weighted by atomic mass is 10.0. The lowest BCUT2D eigenvalue weighted by Crippen LogP contribution is -2.42. The average Bonchev–Trinajstić information content (AvgIpc) is 2.67. The summed E-state index contributed by atoms with van der Waals surface area (Å²) in [5, 5.41) is 9.76. The minimum atomic E-state index is -0.466. The summed E-state index contributed by atoms with van der Waals surface area (Å²) in [6.07, 6.45) is 1.05. The van der Waals surface area contributed by atoms with E-state index in [4.69, 9.17) is 0 Å². The minimum Gasteiger partial charge on any atom is -0.391 e. The Morgan fingerprint density at radius 1 is 1.08 bits per heavy atom. The van der Waals surface area contributed by atoms with Gasteiger partial charge in [0, 0.05) is 37.0 Å². The van der Waals surface area contributed by atoms with Gasteiger partial charge in [-0.15, -0.1) is 0 Å². The van der Waals surface area contributed by atoms with Crippen LogP contribution in [0.15, 0.2) is 54.6 Å². The van der Waals surface area contributed by atoms with Crippen LogP contribution < -0.4 is 4.90 Å². The van der Waals surface area contributed by atoms with Gasteiger partial charge < -0.3 is 14.9 Å². The molecule has 0 bridgehead atoms. The minimum absolute atomic E-state index is 0.143. The van der Waals surface area contributed by atoms with Crippen LogP contribution in [0.3, 0.4) is 0 Å². The Labute approximate surface area is 147 Å². The summed E-state index contributed by atoms with van der Waals surface area (Å²) < 4.78 is 0. The zero-order valence-corrected chi connectivity index (χ0v) is 14.3. The van der Waals surface area contributed by atoms with E-state index in [-0.39, 0.29) is 11.8 Å². The fraction of sp³-hybridized carbons (Fsp3) is 0.300. The Morgan fingerprint density at radius 2 is 1.80 bits per heavy atom. The molecule has 1 fully saturated rings. The molecule has 0 aliphatic carbocycles. The number of nitrogens with zero attached hydrogens (tertiary/aromatic N) is 2. The Kier molecular flexibility index (Phi) is 5.14. The number of carbonyl (C=O) groups excluding carboxylic acids is 2. The predicted molar refractivity (Wildman–Crippen MR) is 96.8 cm³/mol.